The van der Waals surface area contributed by atoms with Crippen molar-refractivity contribution in [1.82, 2.24) is 0 Å². The number of amides is 1. The van der Waals surface area contributed by atoms with Crippen molar-refractivity contribution in [2.45, 2.75) is 6.92 Å². The smallest absolute Gasteiger partial charge is 0.255 e. The number of anilines is 1. The van der Waals surface area contributed by atoms with E-state index in [1.807, 2.05) is 0 Å². The summed E-state index contributed by atoms with van der Waals surface area (Å²) in [7, 11) is 1.56. The maximum atomic E-state index is 12.3. The lowest BCUT2D eigenvalue weighted by molar-refractivity contribution is 0.102. The molecule has 0 aliphatic carbocycles. The molecule has 0 radical (unpaired) electrons. The van der Waals surface area contributed by atoms with Crippen LogP contribution in [-0.2, 0) is 0 Å². The van der Waals surface area contributed by atoms with Crippen LogP contribution in [0.3, 0.4) is 0 Å². The summed E-state index contributed by atoms with van der Waals surface area (Å²) in [5.41, 5.74) is 1.81. The normalized spacial score (nSPS) is 10.3. The van der Waals surface area contributed by atoms with Gasteiger partial charge in [0, 0.05) is 16.1 Å². The Kier molecular flexibility index (Phi) is 4.90. The van der Waals surface area contributed by atoms with Gasteiger partial charge in [-0.3, -0.25) is 4.79 Å². The van der Waals surface area contributed by atoms with E-state index in [-0.39, 0.29) is 11.7 Å². The summed E-state index contributed by atoms with van der Waals surface area (Å²) >= 11 is 6.78. The van der Waals surface area contributed by atoms with Crippen LogP contribution in [0.2, 0.25) is 0 Å². The fourth-order valence-corrected chi connectivity index (χ4v) is 3.13. The van der Waals surface area contributed by atoms with Gasteiger partial charge in [-0.15, -0.1) is 0 Å². The number of carbonyl (C=O) groups excluding carboxylic acids is 1. The Morgan fingerprint density at radius 1 is 1.19 bits per heavy atom. The monoisotopic (exact) mass is 413 g/mol. The van der Waals surface area contributed by atoms with Gasteiger partial charge in [0.15, 0.2) is 0 Å². The van der Waals surface area contributed by atoms with E-state index < -0.39 is 0 Å². The van der Waals surface area contributed by atoms with Gasteiger partial charge in [-0.25, -0.2) is 0 Å². The van der Waals surface area contributed by atoms with Crippen molar-refractivity contribution in [3.63, 3.8) is 0 Å². The Hall–Kier alpha value is -1.53. The number of phenols is 1. The van der Waals surface area contributed by atoms with E-state index in [1.54, 1.807) is 38.3 Å². The molecule has 4 nitrogen and oxygen atoms in total. The number of methoxy groups -OCH3 is 1. The van der Waals surface area contributed by atoms with E-state index in [4.69, 9.17) is 4.74 Å². The van der Waals surface area contributed by atoms with E-state index in [1.165, 1.54) is 6.07 Å². The number of ether oxygens (including phenoxy) is 1. The van der Waals surface area contributed by atoms with E-state index >= 15 is 0 Å². The highest BCUT2D eigenvalue weighted by molar-refractivity contribution is 9.11. The fourth-order valence-electron chi connectivity index (χ4n) is 1.87. The molecule has 0 aromatic heterocycles. The number of carbonyl (C=O) groups is 1. The van der Waals surface area contributed by atoms with E-state index in [2.05, 4.69) is 37.2 Å². The molecule has 2 aromatic rings. The Morgan fingerprint density at radius 2 is 1.90 bits per heavy atom. The zero-order valence-corrected chi connectivity index (χ0v) is 14.6. The summed E-state index contributed by atoms with van der Waals surface area (Å²) in [6.45, 7) is 1.77. The number of halogens is 2. The summed E-state index contributed by atoms with van der Waals surface area (Å²) in [6.07, 6.45) is 0. The van der Waals surface area contributed by atoms with Gasteiger partial charge < -0.3 is 15.2 Å². The summed E-state index contributed by atoms with van der Waals surface area (Å²) in [5.74, 6) is 0.504. The third-order valence-electron chi connectivity index (χ3n) is 2.94. The van der Waals surface area contributed by atoms with Crippen molar-refractivity contribution in [3.05, 3.63) is 50.4 Å². The van der Waals surface area contributed by atoms with Crippen LogP contribution in [0.5, 0.6) is 11.5 Å². The molecule has 2 rings (SSSR count). The number of hydrogen-bond donors (Lipinski definition) is 2. The van der Waals surface area contributed by atoms with Crippen molar-refractivity contribution in [2.24, 2.45) is 0 Å². The maximum Gasteiger partial charge on any atom is 0.255 e. The number of phenolic OH excluding ortho intramolecular Hbond substituents is 1. The van der Waals surface area contributed by atoms with E-state index in [9.17, 15) is 9.90 Å². The topological polar surface area (TPSA) is 58.6 Å². The predicted molar refractivity (Wildman–Crippen MR) is 89.2 cm³/mol. The zero-order valence-electron chi connectivity index (χ0n) is 11.4. The highest BCUT2D eigenvalue weighted by atomic mass is 79.9. The second-order valence-electron chi connectivity index (χ2n) is 4.42. The van der Waals surface area contributed by atoms with Gasteiger partial charge >= 0.3 is 0 Å². The number of benzene rings is 2. The standard InChI is InChI=1S/C15H13Br2NO3/c1-8-5-9(19)3-4-10(8)15(20)18-13-7-14(21-2)12(17)6-11(13)16/h3-7,19H,1-2H3,(H,18,20). The first-order valence-electron chi connectivity index (χ1n) is 6.06. The average molecular weight is 415 g/mol. The zero-order chi connectivity index (χ0) is 15.6. The van der Waals surface area contributed by atoms with Crippen LogP contribution in [0.1, 0.15) is 15.9 Å². The lowest BCUT2D eigenvalue weighted by atomic mass is 10.1. The summed E-state index contributed by atoms with van der Waals surface area (Å²) in [4.78, 5) is 12.3. The lowest BCUT2D eigenvalue weighted by Gasteiger charge is -2.12. The van der Waals surface area contributed by atoms with Crippen LogP contribution in [0, 0.1) is 6.92 Å². The molecule has 2 N–H and O–H groups in total. The molecule has 21 heavy (non-hydrogen) atoms. The van der Waals surface area contributed by atoms with Gasteiger partial charge in [0.1, 0.15) is 11.5 Å². The first kappa shape index (κ1) is 15.9. The first-order valence-corrected chi connectivity index (χ1v) is 7.65. The molecule has 0 spiro atoms. The van der Waals surface area contributed by atoms with Crippen molar-refractivity contribution < 1.29 is 14.6 Å². The van der Waals surface area contributed by atoms with Crippen molar-refractivity contribution in [2.75, 3.05) is 12.4 Å². The van der Waals surface area contributed by atoms with Gasteiger partial charge in [0.05, 0.1) is 17.3 Å². The van der Waals surface area contributed by atoms with Crippen molar-refractivity contribution in [3.8, 4) is 11.5 Å². The van der Waals surface area contributed by atoms with Crippen LogP contribution in [0.4, 0.5) is 5.69 Å². The molecule has 1 amide bonds. The number of aryl methyl sites for hydroxylation is 1. The number of aromatic hydroxyl groups is 1. The molecule has 0 bridgehead atoms. The molecular weight excluding hydrogens is 402 g/mol. The quantitative estimate of drug-likeness (QED) is 0.777. The van der Waals surface area contributed by atoms with Crippen molar-refractivity contribution >= 4 is 43.5 Å². The molecule has 0 fully saturated rings. The Morgan fingerprint density at radius 3 is 2.52 bits per heavy atom. The predicted octanol–water partition coefficient (Wildman–Crippen LogP) is 4.49. The van der Waals surface area contributed by atoms with Crippen LogP contribution < -0.4 is 10.1 Å². The van der Waals surface area contributed by atoms with Crippen LogP contribution in [-0.4, -0.2) is 18.1 Å². The van der Waals surface area contributed by atoms with Gasteiger partial charge in [0.25, 0.3) is 5.91 Å². The van der Waals surface area contributed by atoms with E-state index in [0.29, 0.717) is 22.6 Å². The maximum absolute atomic E-state index is 12.3. The Labute approximate surface area is 139 Å². The number of hydrogen-bond acceptors (Lipinski definition) is 3. The molecule has 0 heterocycles. The van der Waals surface area contributed by atoms with Crippen LogP contribution in [0.25, 0.3) is 0 Å². The third-order valence-corrected chi connectivity index (χ3v) is 4.22. The summed E-state index contributed by atoms with van der Waals surface area (Å²) < 4.78 is 6.74. The molecule has 6 heteroatoms. The minimum absolute atomic E-state index is 0.135. The molecule has 0 saturated carbocycles. The molecule has 0 saturated heterocycles. The Balaban J connectivity index is 2.31. The number of rotatable bonds is 3. The second kappa shape index (κ2) is 6.49. The largest absolute Gasteiger partial charge is 0.508 e. The molecular formula is C15H13Br2NO3. The average Bonchev–Trinajstić information content (AvgIpc) is 2.41. The highest BCUT2D eigenvalue weighted by Crippen LogP contribution is 2.34. The third kappa shape index (κ3) is 3.57. The lowest BCUT2D eigenvalue weighted by Crippen LogP contribution is -2.13. The molecule has 2 aromatic carbocycles. The van der Waals surface area contributed by atoms with Gasteiger partial charge in [-0.1, -0.05) is 0 Å². The Bertz CT molecular complexity index is 702. The van der Waals surface area contributed by atoms with Crippen LogP contribution in [0.15, 0.2) is 39.3 Å². The fraction of sp³-hybridized carbons (Fsp3) is 0.133. The minimum atomic E-state index is -0.252. The van der Waals surface area contributed by atoms with Gasteiger partial charge in [0.2, 0.25) is 0 Å². The summed E-state index contributed by atoms with van der Waals surface area (Å²) in [5, 5.41) is 12.2. The van der Waals surface area contributed by atoms with Crippen molar-refractivity contribution in [1.29, 1.82) is 0 Å². The van der Waals surface area contributed by atoms with Gasteiger partial charge in [-0.05, 0) is 68.6 Å². The first-order chi connectivity index (χ1) is 9.92. The summed E-state index contributed by atoms with van der Waals surface area (Å²) in [6, 6.07) is 8.15. The molecule has 0 aliphatic heterocycles. The molecule has 110 valence electrons. The molecule has 0 aliphatic rings. The molecule has 0 atom stereocenters. The van der Waals surface area contributed by atoms with E-state index in [0.717, 1.165) is 8.95 Å². The minimum Gasteiger partial charge on any atom is -0.508 e. The van der Waals surface area contributed by atoms with Crippen LogP contribution >= 0.6 is 31.9 Å². The molecule has 0 unspecified atom stereocenters. The number of nitrogens with one attached hydrogen (secondary N) is 1. The SMILES string of the molecule is COc1cc(NC(=O)c2ccc(O)cc2C)c(Br)cc1Br. The van der Waals surface area contributed by atoms with Gasteiger partial charge in [-0.2, -0.15) is 0 Å². The highest BCUT2D eigenvalue weighted by Gasteiger charge is 2.13. The second-order valence-corrected chi connectivity index (χ2v) is 6.13.